The molecule has 14 heavy (non-hydrogen) atoms. The Bertz CT molecular complexity index is 232. The number of rotatable bonds is 3. The molecular formula is C8H11F3O3. The molecule has 1 unspecified atom stereocenters. The van der Waals surface area contributed by atoms with Crippen LogP contribution in [0.4, 0.5) is 13.2 Å². The summed E-state index contributed by atoms with van der Waals surface area (Å²) in [7, 11) is 0.946. The largest absolute Gasteiger partial charge is 0.468 e. The summed E-state index contributed by atoms with van der Waals surface area (Å²) in [5.74, 6) is -5.71. The lowest BCUT2D eigenvalue weighted by Crippen LogP contribution is -2.38. The zero-order chi connectivity index (χ0) is 11.5. The van der Waals surface area contributed by atoms with Gasteiger partial charge in [0.15, 0.2) is 0 Å². The van der Waals surface area contributed by atoms with Crippen molar-refractivity contribution in [3.8, 4) is 0 Å². The second-order valence-electron chi connectivity index (χ2n) is 3.11. The molecule has 0 N–H and O–H groups in total. The van der Waals surface area contributed by atoms with Gasteiger partial charge < -0.3 is 4.74 Å². The minimum Gasteiger partial charge on any atom is -0.468 e. The molecule has 0 saturated heterocycles. The molecule has 0 rings (SSSR count). The fourth-order valence-corrected chi connectivity index (χ4v) is 0.985. The molecular weight excluding hydrogens is 201 g/mol. The van der Waals surface area contributed by atoms with Crippen LogP contribution >= 0.6 is 0 Å². The van der Waals surface area contributed by atoms with Crippen LogP contribution in [0.25, 0.3) is 0 Å². The number of carbonyl (C=O) groups is 2. The molecule has 0 aliphatic heterocycles. The molecule has 6 heteroatoms. The number of halogens is 3. The summed E-state index contributed by atoms with van der Waals surface area (Å²) < 4.78 is 40.1. The van der Waals surface area contributed by atoms with E-state index in [-0.39, 0.29) is 0 Å². The van der Waals surface area contributed by atoms with Gasteiger partial charge in [-0.1, -0.05) is 13.8 Å². The first-order valence-corrected chi connectivity index (χ1v) is 3.90. The normalized spacial score (nSPS) is 13.9. The molecule has 0 aromatic heterocycles. The SMILES string of the molecule is COC(=O)C(C(=O)C(F)(F)F)C(C)C. The van der Waals surface area contributed by atoms with E-state index in [9.17, 15) is 22.8 Å². The molecule has 0 spiro atoms. The van der Waals surface area contributed by atoms with Crippen LogP contribution in [-0.4, -0.2) is 25.0 Å². The first-order valence-electron chi connectivity index (χ1n) is 3.90. The van der Waals surface area contributed by atoms with Crippen LogP contribution in [0.2, 0.25) is 0 Å². The van der Waals surface area contributed by atoms with Crippen LogP contribution in [0.1, 0.15) is 13.8 Å². The standard InChI is InChI=1S/C8H11F3O3/c1-4(2)5(7(13)14-3)6(12)8(9,10)11/h4-5H,1-3H3. The smallest absolute Gasteiger partial charge is 0.450 e. The summed E-state index contributed by atoms with van der Waals surface area (Å²) in [4.78, 5) is 21.7. The molecule has 0 aliphatic carbocycles. The number of hydrogen-bond acceptors (Lipinski definition) is 3. The van der Waals surface area contributed by atoms with Crippen LogP contribution in [-0.2, 0) is 14.3 Å². The van der Waals surface area contributed by atoms with E-state index in [1.807, 2.05) is 0 Å². The van der Waals surface area contributed by atoms with Crippen LogP contribution in [0, 0.1) is 11.8 Å². The second-order valence-corrected chi connectivity index (χ2v) is 3.11. The Hall–Kier alpha value is -1.07. The van der Waals surface area contributed by atoms with Crippen LogP contribution < -0.4 is 0 Å². The second kappa shape index (κ2) is 4.43. The maximum atomic E-state index is 12.0. The predicted molar refractivity (Wildman–Crippen MR) is 41.4 cm³/mol. The van der Waals surface area contributed by atoms with Gasteiger partial charge in [0.25, 0.3) is 5.78 Å². The Kier molecular flexibility index (Phi) is 4.09. The Labute approximate surface area is 79.2 Å². The van der Waals surface area contributed by atoms with Gasteiger partial charge >= 0.3 is 12.1 Å². The van der Waals surface area contributed by atoms with Gasteiger partial charge in [0.05, 0.1) is 7.11 Å². The van der Waals surface area contributed by atoms with E-state index in [0.717, 1.165) is 7.11 Å². The summed E-state index contributed by atoms with van der Waals surface area (Å²) >= 11 is 0. The highest BCUT2D eigenvalue weighted by atomic mass is 19.4. The van der Waals surface area contributed by atoms with Gasteiger partial charge in [0.1, 0.15) is 5.92 Å². The van der Waals surface area contributed by atoms with E-state index in [1.54, 1.807) is 0 Å². The molecule has 0 aliphatic rings. The first kappa shape index (κ1) is 12.9. The number of ketones is 1. The zero-order valence-electron chi connectivity index (χ0n) is 8.01. The van der Waals surface area contributed by atoms with Crippen molar-refractivity contribution in [2.45, 2.75) is 20.0 Å². The summed E-state index contributed by atoms with van der Waals surface area (Å²) in [6.07, 6.45) is -5.00. The average Bonchev–Trinajstić information content (AvgIpc) is 2.01. The number of esters is 1. The molecule has 0 saturated carbocycles. The quantitative estimate of drug-likeness (QED) is 0.526. The number of ether oxygens (including phenoxy) is 1. The maximum Gasteiger partial charge on any atom is 0.450 e. The number of carbonyl (C=O) groups excluding carboxylic acids is 2. The summed E-state index contributed by atoms with van der Waals surface area (Å²) in [5, 5.41) is 0. The van der Waals surface area contributed by atoms with Gasteiger partial charge in [0, 0.05) is 0 Å². The molecule has 3 nitrogen and oxygen atoms in total. The molecule has 0 aromatic carbocycles. The Morgan fingerprint density at radius 1 is 1.21 bits per heavy atom. The van der Waals surface area contributed by atoms with Crippen molar-refractivity contribution in [1.29, 1.82) is 0 Å². The third-order valence-corrected chi connectivity index (χ3v) is 1.68. The van der Waals surface area contributed by atoms with Crippen molar-refractivity contribution in [2.24, 2.45) is 11.8 Å². The fourth-order valence-electron chi connectivity index (χ4n) is 0.985. The van der Waals surface area contributed by atoms with Crippen molar-refractivity contribution in [3.05, 3.63) is 0 Å². The molecule has 82 valence electrons. The Balaban J connectivity index is 4.86. The third-order valence-electron chi connectivity index (χ3n) is 1.68. The average molecular weight is 212 g/mol. The molecule has 1 atom stereocenters. The van der Waals surface area contributed by atoms with Gasteiger partial charge in [-0.05, 0) is 5.92 Å². The van der Waals surface area contributed by atoms with Crippen LogP contribution in [0.3, 0.4) is 0 Å². The molecule has 0 amide bonds. The summed E-state index contributed by atoms with van der Waals surface area (Å²) in [6.45, 7) is 2.70. The summed E-state index contributed by atoms with van der Waals surface area (Å²) in [5.41, 5.74) is 0. The number of alkyl halides is 3. The molecule has 0 aromatic rings. The van der Waals surface area contributed by atoms with Crippen LogP contribution in [0.5, 0.6) is 0 Å². The Morgan fingerprint density at radius 3 is 1.86 bits per heavy atom. The monoisotopic (exact) mass is 212 g/mol. The van der Waals surface area contributed by atoms with Crippen LogP contribution in [0.15, 0.2) is 0 Å². The van der Waals surface area contributed by atoms with Gasteiger partial charge in [-0.15, -0.1) is 0 Å². The Morgan fingerprint density at radius 2 is 1.64 bits per heavy atom. The van der Waals surface area contributed by atoms with E-state index in [1.165, 1.54) is 13.8 Å². The number of Topliss-reactive ketones (excluding diaryl/α,β-unsaturated/α-hetero) is 1. The van der Waals surface area contributed by atoms with Crippen molar-refractivity contribution >= 4 is 11.8 Å². The van der Waals surface area contributed by atoms with Crippen molar-refractivity contribution in [1.82, 2.24) is 0 Å². The van der Waals surface area contributed by atoms with Gasteiger partial charge in [-0.25, -0.2) is 0 Å². The zero-order valence-corrected chi connectivity index (χ0v) is 8.01. The minimum atomic E-state index is -5.00. The molecule has 0 fully saturated rings. The highest BCUT2D eigenvalue weighted by molar-refractivity contribution is 6.02. The topological polar surface area (TPSA) is 43.4 Å². The van der Waals surface area contributed by atoms with E-state index in [4.69, 9.17) is 0 Å². The van der Waals surface area contributed by atoms with E-state index in [0.29, 0.717) is 0 Å². The van der Waals surface area contributed by atoms with Gasteiger partial charge in [0.2, 0.25) is 0 Å². The molecule has 0 heterocycles. The lowest BCUT2D eigenvalue weighted by atomic mass is 9.91. The number of hydrogen-bond donors (Lipinski definition) is 0. The van der Waals surface area contributed by atoms with E-state index >= 15 is 0 Å². The molecule has 0 bridgehead atoms. The highest BCUT2D eigenvalue weighted by Gasteiger charge is 2.47. The van der Waals surface area contributed by atoms with Crippen molar-refractivity contribution in [3.63, 3.8) is 0 Å². The highest BCUT2D eigenvalue weighted by Crippen LogP contribution is 2.26. The third kappa shape index (κ3) is 3.01. The van der Waals surface area contributed by atoms with Gasteiger partial charge in [-0.2, -0.15) is 13.2 Å². The fraction of sp³-hybridized carbons (Fsp3) is 0.750. The van der Waals surface area contributed by atoms with Gasteiger partial charge in [-0.3, -0.25) is 9.59 Å². The predicted octanol–water partition coefficient (Wildman–Crippen LogP) is 1.56. The lowest BCUT2D eigenvalue weighted by Gasteiger charge is -2.18. The minimum absolute atomic E-state index is 0.739. The molecule has 0 radical (unpaired) electrons. The maximum absolute atomic E-state index is 12.0. The lowest BCUT2D eigenvalue weighted by molar-refractivity contribution is -0.182. The first-order chi connectivity index (χ1) is 6.21. The van der Waals surface area contributed by atoms with E-state index in [2.05, 4.69) is 4.74 Å². The van der Waals surface area contributed by atoms with Crippen molar-refractivity contribution < 1.29 is 27.5 Å². The van der Waals surface area contributed by atoms with E-state index < -0.39 is 29.8 Å². The number of methoxy groups -OCH3 is 1. The van der Waals surface area contributed by atoms with Crippen molar-refractivity contribution in [2.75, 3.05) is 7.11 Å². The summed E-state index contributed by atoms with van der Waals surface area (Å²) in [6, 6.07) is 0.